The van der Waals surface area contributed by atoms with Crippen LogP contribution in [0.4, 0.5) is 5.82 Å². The molecule has 1 aromatic rings. The second-order valence-corrected chi connectivity index (χ2v) is 5.83. The Morgan fingerprint density at radius 2 is 2.25 bits per heavy atom. The predicted molar refractivity (Wildman–Crippen MR) is 76.2 cm³/mol. The highest BCUT2D eigenvalue weighted by Gasteiger charge is 2.42. The molecule has 20 heavy (non-hydrogen) atoms. The largest absolute Gasteiger partial charge is 0.409 e. The lowest BCUT2D eigenvalue weighted by Gasteiger charge is -2.21. The SMILES string of the molecule is N/C(=N/O)c1ccnc(N2CC3CCC(O)C3C2)c1Cl. The minimum atomic E-state index is -0.226. The number of nitrogens with two attached hydrogens (primary N) is 1. The molecule has 4 N–H and O–H groups in total. The number of aromatic nitrogens is 1. The third-order valence-electron chi connectivity index (χ3n) is 4.37. The highest BCUT2D eigenvalue weighted by molar-refractivity contribution is 6.36. The molecule has 3 unspecified atom stereocenters. The van der Waals surface area contributed by atoms with Gasteiger partial charge in [0.2, 0.25) is 0 Å². The lowest BCUT2D eigenvalue weighted by Crippen LogP contribution is -2.26. The fourth-order valence-electron chi connectivity index (χ4n) is 3.31. The molecular formula is C13H17ClN4O2. The molecule has 2 heterocycles. The number of rotatable bonds is 2. The van der Waals surface area contributed by atoms with Crippen LogP contribution in [0.2, 0.25) is 5.02 Å². The molecule has 0 aromatic carbocycles. The smallest absolute Gasteiger partial charge is 0.171 e. The summed E-state index contributed by atoms with van der Waals surface area (Å²) in [5, 5.41) is 22.1. The molecule has 0 radical (unpaired) electrons. The van der Waals surface area contributed by atoms with E-state index in [2.05, 4.69) is 15.0 Å². The molecule has 6 nitrogen and oxygen atoms in total. The number of oxime groups is 1. The molecule has 0 bridgehead atoms. The van der Waals surface area contributed by atoms with Gasteiger partial charge in [-0.2, -0.15) is 0 Å². The maximum absolute atomic E-state index is 9.96. The number of aliphatic hydroxyl groups excluding tert-OH is 1. The van der Waals surface area contributed by atoms with E-state index in [9.17, 15) is 5.11 Å². The zero-order chi connectivity index (χ0) is 14.3. The molecule has 0 amide bonds. The van der Waals surface area contributed by atoms with Gasteiger partial charge in [0.25, 0.3) is 0 Å². The summed E-state index contributed by atoms with van der Waals surface area (Å²) in [4.78, 5) is 6.39. The molecule has 1 saturated heterocycles. The summed E-state index contributed by atoms with van der Waals surface area (Å²) < 4.78 is 0. The summed E-state index contributed by atoms with van der Waals surface area (Å²) in [5.74, 6) is 1.39. The van der Waals surface area contributed by atoms with Gasteiger partial charge in [-0.1, -0.05) is 16.8 Å². The van der Waals surface area contributed by atoms with Crippen LogP contribution in [0.15, 0.2) is 17.4 Å². The van der Waals surface area contributed by atoms with Crippen LogP contribution in [0.25, 0.3) is 0 Å². The summed E-state index contributed by atoms with van der Waals surface area (Å²) in [7, 11) is 0. The number of hydrogen-bond acceptors (Lipinski definition) is 5. The molecule has 1 aliphatic heterocycles. The second kappa shape index (κ2) is 5.10. The van der Waals surface area contributed by atoms with Gasteiger partial charge >= 0.3 is 0 Å². The Balaban J connectivity index is 1.89. The van der Waals surface area contributed by atoms with Gasteiger partial charge in [0.15, 0.2) is 5.84 Å². The van der Waals surface area contributed by atoms with Gasteiger partial charge in [-0.15, -0.1) is 0 Å². The molecule has 3 atom stereocenters. The van der Waals surface area contributed by atoms with E-state index in [1.165, 1.54) is 0 Å². The Morgan fingerprint density at radius 3 is 2.95 bits per heavy atom. The van der Waals surface area contributed by atoms with E-state index in [-0.39, 0.29) is 11.9 Å². The molecule has 7 heteroatoms. The molecule has 1 aliphatic carbocycles. The maximum atomic E-state index is 9.96. The standard InChI is InChI=1S/C13H17ClN4O2/c14-11-8(12(15)17-20)3-4-16-13(11)18-5-7-1-2-10(19)9(7)6-18/h3-4,7,9-10,19-20H,1-2,5-6H2,(H2,15,17). The molecule has 2 aliphatic rings. The van der Waals surface area contributed by atoms with Crippen LogP contribution < -0.4 is 10.6 Å². The summed E-state index contributed by atoms with van der Waals surface area (Å²) in [6, 6.07) is 1.62. The highest BCUT2D eigenvalue weighted by atomic mass is 35.5. The van der Waals surface area contributed by atoms with E-state index in [1.807, 2.05) is 0 Å². The van der Waals surface area contributed by atoms with Crippen LogP contribution >= 0.6 is 11.6 Å². The van der Waals surface area contributed by atoms with Crippen LogP contribution in [0.1, 0.15) is 18.4 Å². The van der Waals surface area contributed by atoms with Gasteiger partial charge in [0, 0.05) is 30.8 Å². The zero-order valence-corrected chi connectivity index (χ0v) is 11.7. The predicted octanol–water partition coefficient (Wildman–Crippen LogP) is 1.04. The first-order valence-corrected chi connectivity index (χ1v) is 7.05. The van der Waals surface area contributed by atoms with Crippen LogP contribution in [0.5, 0.6) is 0 Å². The summed E-state index contributed by atoms with van der Waals surface area (Å²) in [6.45, 7) is 1.59. The van der Waals surface area contributed by atoms with Crippen molar-refractivity contribution in [1.29, 1.82) is 0 Å². The van der Waals surface area contributed by atoms with Crippen molar-refractivity contribution in [2.45, 2.75) is 18.9 Å². The minimum absolute atomic E-state index is 0.0296. The van der Waals surface area contributed by atoms with E-state index in [1.54, 1.807) is 12.3 Å². The number of anilines is 1. The van der Waals surface area contributed by atoms with E-state index in [0.29, 0.717) is 28.2 Å². The van der Waals surface area contributed by atoms with Gasteiger partial charge in [-0.25, -0.2) is 4.98 Å². The molecule has 108 valence electrons. The van der Waals surface area contributed by atoms with Gasteiger partial charge in [-0.3, -0.25) is 0 Å². The van der Waals surface area contributed by atoms with Crippen molar-refractivity contribution in [1.82, 2.24) is 4.98 Å². The number of pyridine rings is 1. The van der Waals surface area contributed by atoms with E-state index in [4.69, 9.17) is 22.5 Å². The highest BCUT2D eigenvalue weighted by Crippen LogP contribution is 2.41. The number of hydrogen-bond donors (Lipinski definition) is 3. The van der Waals surface area contributed by atoms with Crippen molar-refractivity contribution >= 4 is 23.3 Å². The van der Waals surface area contributed by atoms with Crippen LogP contribution in [0, 0.1) is 11.8 Å². The summed E-state index contributed by atoms with van der Waals surface area (Å²) in [5.41, 5.74) is 6.08. The normalized spacial score (nSPS) is 29.8. The molecule has 1 aromatic heterocycles. The lowest BCUT2D eigenvalue weighted by molar-refractivity contribution is 0.133. The number of nitrogens with zero attached hydrogens (tertiary/aromatic N) is 3. The summed E-state index contributed by atoms with van der Waals surface area (Å²) >= 11 is 6.32. The van der Waals surface area contributed by atoms with Crippen LogP contribution in [-0.4, -0.2) is 40.3 Å². The molecule has 3 rings (SSSR count). The molecule has 1 saturated carbocycles. The first kappa shape index (κ1) is 13.5. The fraction of sp³-hybridized carbons (Fsp3) is 0.538. The first-order chi connectivity index (χ1) is 9.61. The van der Waals surface area contributed by atoms with Gasteiger partial charge in [-0.05, 0) is 24.8 Å². The van der Waals surface area contributed by atoms with E-state index < -0.39 is 0 Å². The molecule has 2 fully saturated rings. The average Bonchev–Trinajstić information content (AvgIpc) is 3.01. The second-order valence-electron chi connectivity index (χ2n) is 5.45. The topological polar surface area (TPSA) is 95.0 Å². The Labute approximate surface area is 121 Å². The van der Waals surface area contributed by atoms with E-state index >= 15 is 0 Å². The number of fused-ring (bicyclic) bond motifs is 1. The number of aliphatic hydroxyl groups is 1. The van der Waals surface area contributed by atoms with Crippen molar-refractivity contribution in [2.24, 2.45) is 22.7 Å². The van der Waals surface area contributed by atoms with Gasteiger partial charge in [0.05, 0.1) is 11.1 Å². The average molecular weight is 297 g/mol. The van der Waals surface area contributed by atoms with Crippen molar-refractivity contribution in [3.63, 3.8) is 0 Å². The van der Waals surface area contributed by atoms with Crippen molar-refractivity contribution < 1.29 is 10.3 Å². The fourth-order valence-corrected chi connectivity index (χ4v) is 3.64. The number of amidine groups is 1. The van der Waals surface area contributed by atoms with Crippen LogP contribution in [0.3, 0.4) is 0 Å². The number of halogens is 1. The Morgan fingerprint density at radius 1 is 1.45 bits per heavy atom. The van der Waals surface area contributed by atoms with Crippen LogP contribution in [-0.2, 0) is 0 Å². The third kappa shape index (κ3) is 2.09. The van der Waals surface area contributed by atoms with Crippen molar-refractivity contribution in [2.75, 3.05) is 18.0 Å². The summed E-state index contributed by atoms with van der Waals surface area (Å²) in [6.07, 6.45) is 3.30. The monoisotopic (exact) mass is 296 g/mol. The lowest BCUT2D eigenvalue weighted by atomic mass is 10.00. The molecular weight excluding hydrogens is 280 g/mol. The van der Waals surface area contributed by atoms with Gasteiger partial charge in [0.1, 0.15) is 5.82 Å². The zero-order valence-electron chi connectivity index (χ0n) is 10.9. The van der Waals surface area contributed by atoms with Crippen molar-refractivity contribution in [3.05, 3.63) is 22.8 Å². The Bertz CT molecular complexity index is 551. The maximum Gasteiger partial charge on any atom is 0.171 e. The van der Waals surface area contributed by atoms with Gasteiger partial charge < -0.3 is 20.9 Å². The third-order valence-corrected chi connectivity index (χ3v) is 4.75. The quantitative estimate of drug-likeness (QED) is 0.328. The van der Waals surface area contributed by atoms with E-state index in [0.717, 1.165) is 25.9 Å². The molecule has 0 spiro atoms. The van der Waals surface area contributed by atoms with Crippen molar-refractivity contribution in [3.8, 4) is 0 Å². The first-order valence-electron chi connectivity index (χ1n) is 6.67. The Hall–Kier alpha value is -1.53. The minimum Gasteiger partial charge on any atom is -0.409 e. The Kier molecular flexibility index (Phi) is 3.43.